The van der Waals surface area contributed by atoms with E-state index in [1.807, 2.05) is 54.6 Å². The molecule has 0 aliphatic heterocycles. The van der Waals surface area contributed by atoms with Crippen molar-refractivity contribution in [1.82, 2.24) is 9.97 Å². The summed E-state index contributed by atoms with van der Waals surface area (Å²) >= 11 is 0. The highest BCUT2D eigenvalue weighted by atomic mass is 15.1. The van der Waals surface area contributed by atoms with Crippen LogP contribution in [0.25, 0.3) is 10.9 Å². The lowest BCUT2D eigenvalue weighted by atomic mass is 10.2. The molecule has 1 heterocycles. The van der Waals surface area contributed by atoms with Crippen LogP contribution in [0.2, 0.25) is 0 Å². The fourth-order valence-corrected chi connectivity index (χ4v) is 3.68. The molecule has 2 N–H and O–H groups in total. The van der Waals surface area contributed by atoms with Gasteiger partial charge < -0.3 is 15.5 Å². The molecular weight excluding hydrogens is 382 g/mol. The van der Waals surface area contributed by atoms with Crippen LogP contribution in [-0.2, 0) is 0 Å². The maximum Gasteiger partial charge on any atom is 0.229 e. The summed E-state index contributed by atoms with van der Waals surface area (Å²) in [5.41, 5.74) is 4.11. The van der Waals surface area contributed by atoms with E-state index in [1.165, 1.54) is 5.69 Å². The average Bonchev–Trinajstić information content (AvgIpc) is 2.80. The van der Waals surface area contributed by atoms with E-state index in [-0.39, 0.29) is 0 Å². The first kappa shape index (κ1) is 20.7. The maximum absolute atomic E-state index is 4.76. The van der Waals surface area contributed by atoms with Crippen molar-refractivity contribution >= 4 is 39.7 Å². The summed E-state index contributed by atoms with van der Waals surface area (Å²) in [6.45, 7) is 6.58. The number of hydrogen-bond acceptors (Lipinski definition) is 5. The van der Waals surface area contributed by atoms with Crippen molar-refractivity contribution in [2.75, 3.05) is 28.6 Å². The zero-order valence-electron chi connectivity index (χ0n) is 18.2. The van der Waals surface area contributed by atoms with E-state index in [4.69, 9.17) is 9.97 Å². The van der Waals surface area contributed by atoms with Gasteiger partial charge in [-0.25, -0.2) is 4.98 Å². The highest BCUT2D eigenvalue weighted by molar-refractivity contribution is 5.92. The SMILES string of the molecule is CCCN(CCC)c1ccc(Nc2nc(Nc3ccccc3)c3ccccc3n2)cc1. The number of hydrogen-bond donors (Lipinski definition) is 2. The third-order valence-electron chi connectivity index (χ3n) is 5.12. The molecule has 1 aromatic heterocycles. The monoisotopic (exact) mass is 411 g/mol. The van der Waals surface area contributed by atoms with Crippen molar-refractivity contribution in [3.8, 4) is 0 Å². The zero-order valence-corrected chi connectivity index (χ0v) is 18.2. The van der Waals surface area contributed by atoms with Gasteiger partial charge in [0.25, 0.3) is 0 Å². The third kappa shape index (κ3) is 5.12. The number of rotatable bonds is 9. The summed E-state index contributed by atoms with van der Waals surface area (Å²) in [5, 5.41) is 7.79. The number of nitrogens with one attached hydrogen (secondary N) is 2. The molecule has 0 bridgehead atoms. The molecule has 4 rings (SSSR count). The van der Waals surface area contributed by atoms with Crippen LogP contribution in [0.3, 0.4) is 0 Å². The van der Waals surface area contributed by atoms with Crippen LogP contribution in [0.4, 0.5) is 28.8 Å². The van der Waals surface area contributed by atoms with E-state index in [9.17, 15) is 0 Å². The summed E-state index contributed by atoms with van der Waals surface area (Å²) in [7, 11) is 0. The van der Waals surface area contributed by atoms with Gasteiger partial charge in [0.05, 0.1) is 5.52 Å². The third-order valence-corrected chi connectivity index (χ3v) is 5.12. The molecular formula is C26H29N5. The number of fused-ring (bicyclic) bond motifs is 1. The maximum atomic E-state index is 4.76. The number of para-hydroxylation sites is 2. The smallest absolute Gasteiger partial charge is 0.229 e. The molecule has 31 heavy (non-hydrogen) atoms. The molecule has 3 aromatic carbocycles. The Hall–Kier alpha value is -3.60. The van der Waals surface area contributed by atoms with Gasteiger partial charge in [0.15, 0.2) is 0 Å². The van der Waals surface area contributed by atoms with Gasteiger partial charge >= 0.3 is 0 Å². The Labute approximate surface area is 184 Å². The molecule has 0 atom stereocenters. The van der Waals surface area contributed by atoms with Crippen LogP contribution >= 0.6 is 0 Å². The van der Waals surface area contributed by atoms with Gasteiger partial charge in [0.2, 0.25) is 5.95 Å². The summed E-state index contributed by atoms with van der Waals surface area (Å²) < 4.78 is 0. The molecule has 0 fully saturated rings. The first-order valence-electron chi connectivity index (χ1n) is 11.0. The minimum absolute atomic E-state index is 0.573. The average molecular weight is 412 g/mol. The predicted molar refractivity (Wildman–Crippen MR) is 132 cm³/mol. The molecule has 0 radical (unpaired) electrons. The van der Waals surface area contributed by atoms with Crippen LogP contribution < -0.4 is 15.5 Å². The summed E-state index contributed by atoms with van der Waals surface area (Å²) in [4.78, 5) is 11.9. The first-order chi connectivity index (χ1) is 15.3. The molecule has 0 saturated carbocycles. The van der Waals surface area contributed by atoms with Gasteiger partial charge in [-0.15, -0.1) is 0 Å². The molecule has 158 valence electrons. The van der Waals surface area contributed by atoms with Crippen LogP contribution in [-0.4, -0.2) is 23.1 Å². The molecule has 0 aliphatic carbocycles. The number of nitrogens with zero attached hydrogens (tertiary/aromatic N) is 3. The van der Waals surface area contributed by atoms with E-state index in [1.54, 1.807) is 0 Å². The van der Waals surface area contributed by atoms with Gasteiger partial charge in [-0.2, -0.15) is 4.98 Å². The first-order valence-corrected chi connectivity index (χ1v) is 11.0. The second-order valence-corrected chi connectivity index (χ2v) is 7.56. The number of anilines is 5. The van der Waals surface area contributed by atoms with Crippen molar-refractivity contribution < 1.29 is 0 Å². The van der Waals surface area contributed by atoms with Crippen molar-refractivity contribution in [3.63, 3.8) is 0 Å². The van der Waals surface area contributed by atoms with Crippen molar-refractivity contribution in [2.24, 2.45) is 0 Å². The zero-order chi connectivity index (χ0) is 21.5. The Balaban J connectivity index is 1.59. The van der Waals surface area contributed by atoms with Gasteiger partial charge in [-0.05, 0) is 61.4 Å². The summed E-state index contributed by atoms with van der Waals surface area (Å²) in [6, 6.07) is 26.6. The van der Waals surface area contributed by atoms with Crippen LogP contribution in [0.5, 0.6) is 0 Å². The Morgan fingerprint density at radius 1 is 0.677 bits per heavy atom. The number of aromatic nitrogens is 2. The summed E-state index contributed by atoms with van der Waals surface area (Å²) in [5.74, 6) is 1.36. The van der Waals surface area contributed by atoms with Gasteiger partial charge in [0, 0.05) is 35.5 Å². The fraction of sp³-hybridized carbons (Fsp3) is 0.231. The molecule has 0 saturated heterocycles. The van der Waals surface area contributed by atoms with E-state index >= 15 is 0 Å². The molecule has 5 heteroatoms. The lowest BCUT2D eigenvalue weighted by molar-refractivity contribution is 0.745. The van der Waals surface area contributed by atoms with E-state index < -0.39 is 0 Å². The summed E-state index contributed by atoms with van der Waals surface area (Å²) in [6.07, 6.45) is 2.28. The minimum Gasteiger partial charge on any atom is -0.372 e. The second-order valence-electron chi connectivity index (χ2n) is 7.56. The quantitative estimate of drug-likeness (QED) is 0.319. The van der Waals surface area contributed by atoms with Crippen LogP contribution in [0, 0.1) is 0 Å². The van der Waals surface area contributed by atoms with Gasteiger partial charge in [0.1, 0.15) is 5.82 Å². The molecule has 5 nitrogen and oxygen atoms in total. The Morgan fingerprint density at radius 2 is 1.32 bits per heavy atom. The number of benzene rings is 3. The predicted octanol–water partition coefficient (Wildman–Crippen LogP) is 6.74. The second kappa shape index (κ2) is 9.94. The molecule has 0 unspecified atom stereocenters. The van der Waals surface area contributed by atoms with Crippen molar-refractivity contribution in [2.45, 2.75) is 26.7 Å². The molecule has 0 amide bonds. The van der Waals surface area contributed by atoms with Crippen molar-refractivity contribution in [1.29, 1.82) is 0 Å². The standard InChI is InChI=1S/C26H29N5/c1-3-18-31(19-4-2)22-16-14-21(15-17-22)28-26-29-24-13-9-8-12-23(24)25(30-26)27-20-10-6-5-7-11-20/h5-17H,3-4,18-19H2,1-2H3,(H2,27,28,29,30). The molecule has 0 aliphatic rings. The molecule has 0 spiro atoms. The topological polar surface area (TPSA) is 53.1 Å². The Kier molecular flexibility index (Phi) is 6.62. The lowest BCUT2D eigenvalue weighted by Gasteiger charge is -2.24. The normalized spacial score (nSPS) is 10.8. The minimum atomic E-state index is 0.573. The highest BCUT2D eigenvalue weighted by Gasteiger charge is 2.09. The van der Waals surface area contributed by atoms with Crippen molar-refractivity contribution in [3.05, 3.63) is 78.9 Å². The van der Waals surface area contributed by atoms with Crippen LogP contribution in [0.15, 0.2) is 78.9 Å². The van der Waals surface area contributed by atoms with Gasteiger partial charge in [-0.3, -0.25) is 0 Å². The molecule has 4 aromatic rings. The highest BCUT2D eigenvalue weighted by Crippen LogP contribution is 2.27. The lowest BCUT2D eigenvalue weighted by Crippen LogP contribution is -2.24. The van der Waals surface area contributed by atoms with Gasteiger partial charge in [-0.1, -0.05) is 44.2 Å². The van der Waals surface area contributed by atoms with E-state index in [2.05, 4.69) is 53.6 Å². The van der Waals surface area contributed by atoms with E-state index in [0.717, 1.165) is 54.0 Å². The fourth-order valence-electron chi connectivity index (χ4n) is 3.68. The Bertz CT molecular complexity index is 1100. The Morgan fingerprint density at radius 3 is 2.03 bits per heavy atom. The van der Waals surface area contributed by atoms with E-state index in [0.29, 0.717) is 5.95 Å². The van der Waals surface area contributed by atoms with Crippen LogP contribution in [0.1, 0.15) is 26.7 Å². The largest absolute Gasteiger partial charge is 0.372 e.